The Bertz CT molecular complexity index is 262. The predicted octanol–water partition coefficient (Wildman–Crippen LogP) is 1.50. The molecule has 1 rings (SSSR count). The first-order valence-electron chi connectivity index (χ1n) is 5.31. The van der Waals surface area contributed by atoms with Gasteiger partial charge in [-0.1, -0.05) is 6.07 Å². The van der Waals surface area contributed by atoms with Crippen molar-refractivity contribution in [2.75, 3.05) is 6.54 Å². The molecule has 15 heavy (non-hydrogen) atoms. The first-order valence-corrected chi connectivity index (χ1v) is 6.19. The van der Waals surface area contributed by atoms with Crippen LogP contribution in [-0.2, 0) is 0 Å². The van der Waals surface area contributed by atoms with Crippen molar-refractivity contribution >= 4 is 11.3 Å². The maximum absolute atomic E-state index is 9.27. The molecule has 3 nitrogen and oxygen atoms in total. The number of rotatable bonds is 6. The average molecular weight is 228 g/mol. The Hall–Kier alpha value is -0.420. The van der Waals surface area contributed by atoms with Gasteiger partial charge in [-0.25, -0.2) is 0 Å². The molecule has 86 valence electrons. The summed E-state index contributed by atoms with van der Waals surface area (Å²) in [6.45, 7) is 4.47. The van der Waals surface area contributed by atoms with E-state index in [1.165, 1.54) is 4.88 Å². The molecule has 0 saturated carbocycles. The molecule has 0 radical (unpaired) electrons. The molecule has 0 aliphatic rings. The summed E-state index contributed by atoms with van der Waals surface area (Å²) in [6, 6.07) is 4.60. The quantitative estimate of drug-likeness (QED) is 0.691. The third-order valence-electron chi connectivity index (χ3n) is 2.30. The third-order valence-corrected chi connectivity index (χ3v) is 3.29. The highest BCUT2D eigenvalue weighted by atomic mass is 32.1. The van der Waals surface area contributed by atoms with Crippen LogP contribution in [0, 0.1) is 0 Å². The molecule has 1 aromatic rings. The van der Waals surface area contributed by atoms with Gasteiger partial charge in [-0.3, -0.25) is 0 Å². The van der Waals surface area contributed by atoms with E-state index in [2.05, 4.69) is 23.7 Å². The molecule has 3 atom stereocenters. The highest BCUT2D eigenvalue weighted by molar-refractivity contribution is 7.10. The number of nitrogens with two attached hydrogens (primary N) is 1. The first-order chi connectivity index (χ1) is 7.13. The van der Waals surface area contributed by atoms with E-state index < -0.39 is 0 Å². The van der Waals surface area contributed by atoms with Gasteiger partial charge in [0.05, 0.1) is 12.1 Å². The second-order valence-electron chi connectivity index (χ2n) is 3.96. The zero-order valence-electron chi connectivity index (χ0n) is 9.31. The summed E-state index contributed by atoms with van der Waals surface area (Å²) >= 11 is 1.71. The Labute approximate surface area is 95.3 Å². The van der Waals surface area contributed by atoms with E-state index in [-0.39, 0.29) is 18.2 Å². The molecule has 0 fully saturated rings. The second-order valence-corrected chi connectivity index (χ2v) is 4.94. The Morgan fingerprint density at radius 2 is 2.27 bits per heavy atom. The van der Waals surface area contributed by atoms with Crippen LogP contribution in [0.3, 0.4) is 0 Å². The monoisotopic (exact) mass is 228 g/mol. The van der Waals surface area contributed by atoms with Crippen LogP contribution >= 0.6 is 11.3 Å². The summed E-state index contributed by atoms with van der Waals surface area (Å²) in [7, 11) is 0. The van der Waals surface area contributed by atoms with Crippen LogP contribution in [-0.4, -0.2) is 23.8 Å². The molecule has 4 heteroatoms. The van der Waals surface area contributed by atoms with Gasteiger partial charge < -0.3 is 16.2 Å². The van der Waals surface area contributed by atoms with Crippen molar-refractivity contribution in [1.82, 2.24) is 5.32 Å². The number of thiophene rings is 1. The molecular formula is C11H20N2OS. The lowest BCUT2D eigenvalue weighted by atomic mass is 10.1. The normalized spacial score (nSPS) is 17.3. The minimum Gasteiger partial charge on any atom is -0.393 e. The van der Waals surface area contributed by atoms with E-state index in [1.807, 2.05) is 6.07 Å². The van der Waals surface area contributed by atoms with Gasteiger partial charge in [0, 0.05) is 17.5 Å². The van der Waals surface area contributed by atoms with Crippen molar-refractivity contribution in [2.45, 2.75) is 38.5 Å². The summed E-state index contributed by atoms with van der Waals surface area (Å²) in [5.74, 6) is 0. The van der Waals surface area contributed by atoms with Crippen molar-refractivity contribution in [2.24, 2.45) is 5.73 Å². The lowest BCUT2D eigenvalue weighted by Gasteiger charge is -2.22. The van der Waals surface area contributed by atoms with E-state index in [1.54, 1.807) is 18.3 Å². The third kappa shape index (κ3) is 4.30. The number of aliphatic hydroxyl groups excluding tert-OH is 1. The summed E-state index contributed by atoms with van der Waals surface area (Å²) in [5, 5.41) is 14.8. The summed E-state index contributed by atoms with van der Waals surface area (Å²) in [6.07, 6.45) is 0.483. The van der Waals surface area contributed by atoms with Gasteiger partial charge >= 0.3 is 0 Å². The number of hydrogen-bond donors (Lipinski definition) is 3. The fourth-order valence-electron chi connectivity index (χ4n) is 1.68. The zero-order chi connectivity index (χ0) is 11.3. The molecule has 1 heterocycles. The van der Waals surface area contributed by atoms with Crippen molar-refractivity contribution in [3.05, 3.63) is 22.4 Å². The number of hydrogen-bond acceptors (Lipinski definition) is 4. The maximum atomic E-state index is 9.27. The van der Waals surface area contributed by atoms with Crippen LogP contribution in [0.25, 0.3) is 0 Å². The molecule has 0 amide bonds. The standard InChI is InChI=1S/C11H20N2OS/c1-8(6-9(2)14)13-10(7-12)11-4-3-5-15-11/h3-5,8-10,13-14H,6-7,12H2,1-2H3. The van der Waals surface area contributed by atoms with Crippen LogP contribution < -0.4 is 11.1 Å². The maximum Gasteiger partial charge on any atom is 0.0541 e. The van der Waals surface area contributed by atoms with Crippen molar-refractivity contribution < 1.29 is 5.11 Å². The molecule has 0 spiro atoms. The van der Waals surface area contributed by atoms with Crippen molar-refractivity contribution in [3.8, 4) is 0 Å². The van der Waals surface area contributed by atoms with Gasteiger partial charge in [-0.05, 0) is 31.7 Å². The highest BCUT2D eigenvalue weighted by Crippen LogP contribution is 2.18. The molecule has 0 aliphatic heterocycles. The SMILES string of the molecule is CC(O)CC(C)NC(CN)c1cccs1. The molecule has 4 N–H and O–H groups in total. The van der Waals surface area contributed by atoms with Gasteiger partial charge in [0.25, 0.3) is 0 Å². The minimum atomic E-state index is -0.269. The Balaban J connectivity index is 2.47. The molecular weight excluding hydrogens is 208 g/mol. The smallest absolute Gasteiger partial charge is 0.0541 e. The fraction of sp³-hybridized carbons (Fsp3) is 0.636. The van der Waals surface area contributed by atoms with E-state index in [0.29, 0.717) is 6.54 Å². The van der Waals surface area contributed by atoms with Gasteiger partial charge in [0.1, 0.15) is 0 Å². The minimum absolute atomic E-state index is 0.207. The second kappa shape index (κ2) is 6.23. The van der Waals surface area contributed by atoms with E-state index in [0.717, 1.165) is 6.42 Å². The summed E-state index contributed by atoms with van der Waals surface area (Å²) in [4.78, 5) is 1.26. The van der Waals surface area contributed by atoms with E-state index in [4.69, 9.17) is 5.73 Å². The average Bonchev–Trinajstić information content (AvgIpc) is 2.65. The highest BCUT2D eigenvalue weighted by Gasteiger charge is 2.14. The molecule has 1 aromatic heterocycles. The number of nitrogens with one attached hydrogen (secondary N) is 1. The Morgan fingerprint density at radius 1 is 1.53 bits per heavy atom. The molecule has 0 saturated heterocycles. The Morgan fingerprint density at radius 3 is 2.73 bits per heavy atom. The van der Waals surface area contributed by atoms with Gasteiger partial charge in [-0.15, -0.1) is 11.3 Å². The first kappa shape index (κ1) is 12.6. The summed E-state index contributed by atoms with van der Waals surface area (Å²) in [5.41, 5.74) is 5.72. The fourth-order valence-corrected chi connectivity index (χ4v) is 2.48. The molecule has 0 bridgehead atoms. The van der Waals surface area contributed by atoms with E-state index in [9.17, 15) is 5.11 Å². The predicted molar refractivity (Wildman–Crippen MR) is 65.0 cm³/mol. The number of aliphatic hydroxyl groups is 1. The summed E-state index contributed by atoms with van der Waals surface area (Å²) < 4.78 is 0. The topological polar surface area (TPSA) is 58.3 Å². The van der Waals surface area contributed by atoms with Crippen LogP contribution in [0.1, 0.15) is 31.2 Å². The van der Waals surface area contributed by atoms with Gasteiger partial charge in [0.2, 0.25) is 0 Å². The Kier molecular flexibility index (Phi) is 5.25. The van der Waals surface area contributed by atoms with Gasteiger partial charge in [-0.2, -0.15) is 0 Å². The van der Waals surface area contributed by atoms with Crippen molar-refractivity contribution in [1.29, 1.82) is 0 Å². The van der Waals surface area contributed by atoms with Gasteiger partial charge in [0.15, 0.2) is 0 Å². The lowest BCUT2D eigenvalue weighted by molar-refractivity contribution is 0.168. The lowest BCUT2D eigenvalue weighted by Crippen LogP contribution is -2.36. The molecule has 0 aromatic carbocycles. The largest absolute Gasteiger partial charge is 0.393 e. The van der Waals surface area contributed by atoms with E-state index >= 15 is 0 Å². The molecule has 3 unspecified atom stereocenters. The van der Waals surface area contributed by atoms with Crippen LogP contribution in [0.5, 0.6) is 0 Å². The molecule has 0 aliphatic carbocycles. The van der Waals surface area contributed by atoms with Crippen LogP contribution in [0.15, 0.2) is 17.5 Å². The van der Waals surface area contributed by atoms with Crippen LogP contribution in [0.4, 0.5) is 0 Å². The van der Waals surface area contributed by atoms with Crippen molar-refractivity contribution in [3.63, 3.8) is 0 Å². The van der Waals surface area contributed by atoms with Crippen LogP contribution in [0.2, 0.25) is 0 Å². The zero-order valence-corrected chi connectivity index (χ0v) is 10.1.